The fourth-order valence-corrected chi connectivity index (χ4v) is 2.20. The van der Waals surface area contributed by atoms with Crippen molar-refractivity contribution in [3.05, 3.63) is 23.9 Å². The molecular formula is C9H11N3OS. The van der Waals surface area contributed by atoms with Crippen LogP contribution in [0.5, 0.6) is 0 Å². The van der Waals surface area contributed by atoms with E-state index in [1.54, 1.807) is 24.0 Å². The van der Waals surface area contributed by atoms with E-state index in [0.29, 0.717) is 10.8 Å². The van der Waals surface area contributed by atoms with Gasteiger partial charge in [-0.3, -0.25) is 5.41 Å². The van der Waals surface area contributed by atoms with Crippen LogP contribution in [0.4, 0.5) is 0 Å². The van der Waals surface area contributed by atoms with Gasteiger partial charge < -0.3 is 10.5 Å². The summed E-state index contributed by atoms with van der Waals surface area (Å²) in [7, 11) is 0. The molecule has 1 saturated heterocycles. The van der Waals surface area contributed by atoms with Gasteiger partial charge in [-0.25, -0.2) is 4.98 Å². The molecule has 0 radical (unpaired) electrons. The Balaban J connectivity index is 2.17. The summed E-state index contributed by atoms with van der Waals surface area (Å²) in [5.41, 5.74) is 6.16. The van der Waals surface area contributed by atoms with E-state index in [0.717, 1.165) is 18.2 Å². The van der Waals surface area contributed by atoms with Crippen LogP contribution in [-0.4, -0.2) is 29.3 Å². The largest absolute Gasteiger partial charge is 0.384 e. The summed E-state index contributed by atoms with van der Waals surface area (Å²) in [5, 5.41) is 8.68. The van der Waals surface area contributed by atoms with Gasteiger partial charge >= 0.3 is 0 Å². The monoisotopic (exact) mass is 209 g/mol. The second kappa shape index (κ2) is 3.98. The van der Waals surface area contributed by atoms with Gasteiger partial charge in [0.15, 0.2) is 0 Å². The number of nitrogens with zero attached hydrogens (tertiary/aromatic N) is 1. The molecule has 3 N–H and O–H groups in total. The van der Waals surface area contributed by atoms with E-state index in [4.69, 9.17) is 15.9 Å². The molecule has 0 aliphatic carbocycles. The number of nitrogens with two attached hydrogens (primary N) is 1. The highest BCUT2D eigenvalue weighted by molar-refractivity contribution is 8.00. The Bertz CT molecular complexity index is 352. The zero-order valence-corrected chi connectivity index (χ0v) is 8.38. The van der Waals surface area contributed by atoms with Gasteiger partial charge in [-0.2, -0.15) is 0 Å². The van der Waals surface area contributed by atoms with Crippen molar-refractivity contribution in [1.29, 1.82) is 5.41 Å². The Morgan fingerprint density at radius 1 is 1.64 bits per heavy atom. The number of hydrogen-bond donors (Lipinski definition) is 2. The lowest BCUT2D eigenvalue weighted by Crippen LogP contribution is -2.30. The maximum Gasteiger partial charge on any atom is 0.125 e. The molecule has 0 bridgehead atoms. The topological polar surface area (TPSA) is 72.0 Å². The summed E-state index contributed by atoms with van der Waals surface area (Å²) in [6.45, 7) is 1.52. The molecule has 0 spiro atoms. The van der Waals surface area contributed by atoms with Crippen molar-refractivity contribution >= 4 is 17.6 Å². The van der Waals surface area contributed by atoms with E-state index < -0.39 is 0 Å². The number of hydrogen-bond acceptors (Lipinski definition) is 4. The molecule has 0 aromatic carbocycles. The molecule has 1 aliphatic heterocycles. The fraction of sp³-hybridized carbons (Fsp3) is 0.333. The SMILES string of the molecule is N=C(N)c1cccnc1SC1COC1. The third kappa shape index (κ3) is 1.88. The van der Waals surface area contributed by atoms with Crippen LogP contribution in [0.2, 0.25) is 0 Å². The quantitative estimate of drug-likeness (QED) is 0.572. The number of aromatic nitrogens is 1. The summed E-state index contributed by atoms with van der Waals surface area (Å²) in [5.74, 6) is 0.0702. The number of ether oxygens (including phenoxy) is 1. The summed E-state index contributed by atoms with van der Waals surface area (Å²) in [4.78, 5) is 4.21. The van der Waals surface area contributed by atoms with Crippen molar-refractivity contribution in [3.8, 4) is 0 Å². The first-order valence-electron chi connectivity index (χ1n) is 4.31. The standard InChI is InChI=1S/C9H11N3OS/c10-8(11)7-2-1-3-12-9(7)14-6-4-13-5-6/h1-3,6H,4-5H2,(H3,10,11). The van der Waals surface area contributed by atoms with Crippen LogP contribution in [0.25, 0.3) is 0 Å². The molecule has 0 saturated carbocycles. The molecule has 1 aromatic rings. The van der Waals surface area contributed by atoms with Gasteiger partial charge in [-0.15, -0.1) is 0 Å². The maximum atomic E-state index is 7.39. The second-order valence-electron chi connectivity index (χ2n) is 3.05. The van der Waals surface area contributed by atoms with Crippen LogP contribution in [0.15, 0.2) is 23.4 Å². The number of rotatable bonds is 3. The van der Waals surface area contributed by atoms with E-state index in [-0.39, 0.29) is 5.84 Å². The Labute approximate surface area is 86.4 Å². The molecule has 4 nitrogen and oxygen atoms in total. The number of nitrogen functional groups attached to an aromatic ring is 1. The second-order valence-corrected chi connectivity index (χ2v) is 4.34. The van der Waals surface area contributed by atoms with Gasteiger partial charge in [-0.05, 0) is 12.1 Å². The number of pyridine rings is 1. The average molecular weight is 209 g/mol. The lowest BCUT2D eigenvalue weighted by Gasteiger charge is -2.25. The van der Waals surface area contributed by atoms with Gasteiger partial charge in [-0.1, -0.05) is 11.8 Å². The van der Waals surface area contributed by atoms with Gasteiger partial charge in [0.05, 0.1) is 18.5 Å². The normalized spacial score (nSPS) is 16.3. The van der Waals surface area contributed by atoms with Crippen LogP contribution in [0.1, 0.15) is 5.56 Å². The number of amidine groups is 1. The molecule has 0 amide bonds. The van der Waals surface area contributed by atoms with Crippen molar-refractivity contribution in [2.24, 2.45) is 5.73 Å². The molecule has 2 heterocycles. The zero-order chi connectivity index (χ0) is 9.97. The van der Waals surface area contributed by atoms with Gasteiger partial charge in [0, 0.05) is 11.8 Å². The van der Waals surface area contributed by atoms with Crippen LogP contribution in [0.3, 0.4) is 0 Å². The summed E-state index contributed by atoms with van der Waals surface area (Å²) in [6, 6.07) is 3.61. The molecule has 1 aromatic heterocycles. The minimum Gasteiger partial charge on any atom is -0.384 e. The van der Waals surface area contributed by atoms with Crippen molar-refractivity contribution in [2.45, 2.75) is 10.3 Å². The maximum absolute atomic E-state index is 7.39. The van der Waals surface area contributed by atoms with Crippen molar-refractivity contribution in [1.82, 2.24) is 4.98 Å². The van der Waals surface area contributed by atoms with Crippen LogP contribution < -0.4 is 5.73 Å². The van der Waals surface area contributed by atoms with Gasteiger partial charge in [0.1, 0.15) is 10.9 Å². The van der Waals surface area contributed by atoms with Crippen LogP contribution in [-0.2, 0) is 4.74 Å². The Kier molecular flexibility index (Phi) is 2.69. The van der Waals surface area contributed by atoms with E-state index in [2.05, 4.69) is 4.98 Å². The van der Waals surface area contributed by atoms with E-state index in [1.165, 1.54) is 0 Å². The molecule has 2 rings (SSSR count). The van der Waals surface area contributed by atoms with E-state index >= 15 is 0 Å². The lowest BCUT2D eigenvalue weighted by atomic mass is 10.3. The van der Waals surface area contributed by atoms with Gasteiger partial charge in [0.2, 0.25) is 0 Å². The molecule has 14 heavy (non-hydrogen) atoms. The average Bonchev–Trinajstić information content (AvgIpc) is 2.12. The minimum absolute atomic E-state index is 0.0702. The molecule has 0 atom stereocenters. The highest BCUT2D eigenvalue weighted by Crippen LogP contribution is 2.28. The first kappa shape index (κ1) is 9.48. The number of thioether (sulfide) groups is 1. The van der Waals surface area contributed by atoms with Crippen molar-refractivity contribution in [2.75, 3.05) is 13.2 Å². The van der Waals surface area contributed by atoms with Crippen LogP contribution in [0, 0.1) is 5.41 Å². The first-order chi connectivity index (χ1) is 6.77. The summed E-state index contributed by atoms with van der Waals surface area (Å²) in [6.07, 6.45) is 1.72. The lowest BCUT2D eigenvalue weighted by molar-refractivity contribution is 0.0454. The fourth-order valence-electron chi connectivity index (χ4n) is 1.13. The molecule has 1 aliphatic rings. The first-order valence-corrected chi connectivity index (χ1v) is 5.19. The highest BCUT2D eigenvalue weighted by Gasteiger charge is 2.21. The zero-order valence-electron chi connectivity index (χ0n) is 7.56. The Morgan fingerprint density at radius 3 is 3.00 bits per heavy atom. The van der Waals surface area contributed by atoms with E-state index in [9.17, 15) is 0 Å². The van der Waals surface area contributed by atoms with Crippen molar-refractivity contribution < 1.29 is 4.74 Å². The third-order valence-electron chi connectivity index (χ3n) is 1.95. The predicted molar refractivity (Wildman–Crippen MR) is 55.7 cm³/mol. The van der Waals surface area contributed by atoms with E-state index in [1.807, 2.05) is 6.07 Å². The molecule has 5 heteroatoms. The minimum atomic E-state index is 0.0702. The molecule has 74 valence electrons. The van der Waals surface area contributed by atoms with Crippen molar-refractivity contribution in [3.63, 3.8) is 0 Å². The summed E-state index contributed by atoms with van der Waals surface area (Å²) >= 11 is 1.63. The number of nitrogens with one attached hydrogen (secondary N) is 1. The van der Waals surface area contributed by atoms with Crippen LogP contribution >= 0.6 is 11.8 Å². The predicted octanol–water partition coefficient (Wildman–Crippen LogP) is 0.857. The highest BCUT2D eigenvalue weighted by atomic mass is 32.2. The summed E-state index contributed by atoms with van der Waals surface area (Å²) < 4.78 is 5.07. The smallest absolute Gasteiger partial charge is 0.125 e. The third-order valence-corrected chi connectivity index (χ3v) is 3.10. The Hall–Kier alpha value is -1.07. The molecule has 1 fully saturated rings. The molecule has 0 unspecified atom stereocenters. The molecular weight excluding hydrogens is 198 g/mol. The van der Waals surface area contributed by atoms with Gasteiger partial charge in [0.25, 0.3) is 0 Å². The Morgan fingerprint density at radius 2 is 2.43 bits per heavy atom.